The number of hydrogen-bond acceptors (Lipinski definition) is 4. The van der Waals surface area contributed by atoms with E-state index in [-0.39, 0.29) is 17.4 Å². The molecule has 114 valence electrons. The predicted molar refractivity (Wildman–Crippen MR) is 83.4 cm³/mol. The Bertz CT molecular complexity index is 480. The second-order valence-electron chi connectivity index (χ2n) is 7.34. The monoisotopic (exact) mass is 362 g/mol. The average molecular weight is 363 g/mol. The summed E-state index contributed by atoms with van der Waals surface area (Å²) in [6.45, 7) is 12.8. The van der Waals surface area contributed by atoms with Gasteiger partial charge in [-0.15, -0.1) is 0 Å². The number of aliphatic hydroxyl groups excluding tert-OH is 1. The van der Waals surface area contributed by atoms with Gasteiger partial charge in [0.15, 0.2) is 14.4 Å². The zero-order chi connectivity index (χ0) is 15.5. The van der Waals surface area contributed by atoms with E-state index in [0.717, 1.165) is 0 Å². The van der Waals surface area contributed by atoms with Gasteiger partial charge in [0.25, 0.3) is 0 Å². The van der Waals surface area contributed by atoms with Gasteiger partial charge < -0.3 is 14.3 Å². The lowest BCUT2D eigenvalue weighted by Crippen LogP contribution is -2.44. The van der Waals surface area contributed by atoms with Gasteiger partial charge >= 0.3 is 0 Å². The zero-order valence-corrected chi connectivity index (χ0v) is 15.5. The SMILES string of the molecule is CC(C)(C)[Si](C)(C)OCC1=C(Br)C(=O)[C@@H]2O[C@]2(C)[C@@H]1O. The number of hydrogen-bond donors (Lipinski definition) is 1. The summed E-state index contributed by atoms with van der Waals surface area (Å²) >= 11 is 3.30. The highest BCUT2D eigenvalue weighted by Crippen LogP contribution is 2.49. The Morgan fingerprint density at radius 3 is 2.50 bits per heavy atom. The summed E-state index contributed by atoms with van der Waals surface area (Å²) in [5.74, 6) is -0.0911. The smallest absolute Gasteiger partial charge is 0.201 e. The highest BCUT2D eigenvalue weighted by atomic mass is 79.9. The third-order valence-electron chi connectivity index (χ3n) is 4.84. The molecule has 1 fully saturated rings. The van der Waals surface area contributed by atoms with E-state index >= 15 is 0 Å². The number of rotatable bonds is 3. The van der Waals surface area contributed by atoms with E-state index in [2.05, 4.69) is 49.8 Å². The Labute approximate surface area is 129 Å². The lowest BCUT2D eigenvalue weighted by Gasteiger charge is -2.37. The number of carbonyl (C=O) groups excluding carboxylic acids is 1. The summed E-state index contributed by atoms with van der Waals surface area (Å²) in [6, 6.07) is 0. The van der Waals surface area contributed by atoms with Crippen LogP contribution in [-0.2, 0) is 14.0 Å². The summed E-state index contributed by atoms with van der Waals surface area (Å²) in [4.78, 5) is 12.1. The second kappa shape index (κ2) is 4.74. The van der Waals surface area contributed by atoms with Crippen molar-refractivity contribution < 1.29 is 19.1 Å². The van der Waals surface area contributed by atoms with Crippen molar-refractivity contribution in [3.63, 3.8) is 0 Å². The Kier molecular flexibility index (Phi) is 3.88. The number of halogens is 1. The quantitative estimate of drug-likeness (QED) is 0.619. The van der Waals surface area contributed by atoms with Crippen molar-refractivity contribution in [2.45, 2.75) is 63.6 Å². The summed E-state index contributed by atoms with van der Waals surface area (Å²) in [7, 11) is -1.92. The average Bonchev–Trinajstić information content (AvgIpc) is 2.99. The van der Waals surface area contributed by atoms with Crippen LogP contribution >= 0.6 is 15.9 Å². The minimum absolute atomic E-state index is 0.0895. The number of ketones is 1. The van der Waals surface area contributed by atoms with Crippen LogP contribution in [-0.4, -0.2) is 43.6 Å². The standard InChI is InChI=1S/C14H23BrO4Si/c1-13(2,3)20(5,6)18-7-8-9(15)10(16)12-14(4,19-12)11(8)17/h11-12,17H,7H2,1-6H3/t11-,12+,14-/m1/s1. The minimum atomic E-state index is -1.92. The first-order valence-corrected chi connectivity index (χ1v) is 10.5. The largest absolute Gasteiger partial charge is 0.413 e. The molecule has 2 aliphatic rings. The molecule has 6 heteroatoms. The first-order valence-electron chi connectivity index (χ1n) is 6.84. The highest BCUT2D eigenvalue weighted by Gasteiger charge is 2.65. The predicted octanol–water partition coefficient (Wildman–Crippen LogP) is 2.76. The summed E-state index contributed by atoms with van der Waals surface area (Å²) < 4.78 is 11.9. The maximum atomic E-state index is 12.1. The molecule has 0 aromatic carbocycles. The summed E-state index contributed by atoms with van der Waals surface area (Å²) in [5.41, 5.74) is -0.156. The van der Waals surface area contributed by atoms with Gasteiger partial charge in [-0.25, -0.2) is 0 Å². The third-order valence-corrected chi connectivity index (χ3v) is 10.2. The van der Waals surface area contributed by atoms with Crippen molar-refractivity contribution in [1.29, 1.82) is 0 Å². The summed E-state index contributed by atoms with van der Waals surface area (Å²) in [5, 5.41) is 10.5. The Balaban J connectivity index is 2.17. The van der Waals surface area contributed by atoms with E-state index in [1.54, 1.807) is 6.92 Å². The number of aliphatic hydroxyl groups is 1. The molecule has 0 amide bonds. The lowest BCUT2D eigenvalue weighted by molar-refractivity contribution is -0.116. The fraction of sp³-hybridized carbons (Fsp3) is 0.786. The van der Waals surface area contributed by atoms with Crippen molar-refractivity contribution in [1.82, 2.24) is 0 Å². The molecule has 1 aliphatic carbocycles. The van der Waals surface area contributed by atoms with Gasteiger partial charge in [-0.3, -0.25) is 4.79 Å². The van der Waals surface area contributed by atoms with E-state index in [1.807, 2.05) is 0 Å². The number of ether oxygens (including phenoxy) is 1. The lowest BCUT2D eigenvalue weighted by atomic mass is 9.87. The van der Waals surface area contributed by atoms with Crippen molar-refractivity contribution >= 4 is 30.0 Å². The fourth-order valence-electron chi connectivity index (χ4n) is 2.10. The van der Waals surface area contributed by atoms with E-state index in [9.17, 15) is 9.90 Å². The van der Waals surface area contributed by atoms with Crippen LogP contribution in [0.2, 0.25) is 18.1 Å². The molecule has 1 saturated heterocycles. The van der Waals surface area contributed by atoms with Gasteiger partial charge in [0, 0.05) is 5.57 Å². The molecule has 4 nitrogen and oxygen atoms in total. The molecule has 0 aromatic heterocycles. The van der Waals surface area contributed by atoms with Crippen molar-refractivity contribution in [3.05, 3.63) is 10.1 Å². The molecule has 0 unspecified atom stereocenters. The first-order chi connectivity index (χ1) is 8.92. The minimum Gasteiger partial charge on any atom is -0.413 e. The van der Waals surface area contributed by atoms with Gasteiger partial charge in [0.05, 0.1) is 11.1 Å². The van der Waals surface area contributed by atoms with Crippen molar-refractivity contribution in [2.24, 2.45) is 0 Å². The molecule has 1 aliphatic heterocycles. The number of epoxide rings is 1. The normalized spacial score (nSPS) is 34.3. The van der Waals surface area contributed by atoms with Crippen LogP contribution in [0, 0.1) is 0 Å². The highest BCUT2D eigenvalue weighted by molar-refractivity contribution is 9.12. The molecule has 0 bridgehead atoms. The van der Waals surface area contributed by atoms with Crippen LogP contribution in [0.4, 0.5) is 0 Å². The molecule has 0 aromatic rings. The number of fused-ring (bicyclic) bond motifs is 1. The van der Waals surface area contributed by atoms with E-state index in [1.165, 1.54) is 0 Å². The second-order valence-corrected chi connectivity index (χ2v) is 12.9. The van der Waals surface area contributed by atoms with Gasteiger partial charge in [-0.1, -0.05) is 20.8 Å². The molecular weight excluding hydrogens is 340 g/mol. The molecule has 2 rings (SSSR count). The Morgan fingerprint density at radius 2 is 2.00 bits per heavy atom. The molecule has 0 saturated carbocycles. The topological polar surface area (TPSA) is 59.1 Å². The van der Waals surface area contributed by atoms with Crippen molar-refractivity contribution in [3.8, 4) is 0 Å². The van der Waals surface area contributed by atoms with E-state index in [0.29, 0.717) is 10.1 Å². The summed E-state index contributed by atoms with van der Waals surface area (Å²) in [6.07, 6.45) is -1.30. The molecule has 0 spiro atoms. The third kappa shape index (κ3) is 2.45. The van der Waals surface area contributed by atoms with Gasteiger partial charge in [-0.05, 0) is 41.0 Å². The van der Waals surface area contributed by atoms with E-state index < -0.39 is 26.1 Å². The van der Waals surface area contributed by atoms with Crippen molar-refractivity contribution in [2.75, 3.05) is 6.61 Å². The number of Topliss-reactive ketones (excluding diaryl/α,β-unsaturated/α-hetero) is 1. The van der Waals surface area contributed by atoms with Crippen LogP contribution in [0.15, 0.2) is 10.1 Å². The zero-order valence-electron chi connectivity index (χ0n) is 12.9. The molecular formula is C14H23BrO4Si. The van der Waals surface area contributed by atoms with Crippen LogP contribution in [0.25, 0.3) is 0 Å². The first kappa shape index (κ1) is 16.4. The van der Waals surface area contributed by atoms with Crippen LogP contribution in [0.3, 0.4) is 0 Å². The molecule has 20 heavy (non-hydrogen) atoms. The molecule has 0 radical (unpaired) electrons. The Morgan fingerprint density at radius 1 is 1.45 bits per heavy atom. The van der Waals surface area contributed by atoms with Crippen LogP contribution in [0.5, 0.6) is 0 Å². The maximum Gasteiger partial charge on any atom is 0.201 e. The fourth-order valence-corrected chi connectivity index (χ4v) is 3.59. The van der Waals surface area contributed by atoms with Gasteiger partial charge in [-0.2, -0.15) is 0 Å². The van der Waals surface area contributed by atoms with E-state index in [4.69, 9.17) is 9.16 Å². The maximum absolute atomic E-state index is 12.1. The number of carbonyl (C=O) groups is 1. The van der Waals surface area contributed by atoms with Crippen LogP contribution in [0.1, 0.15) is 27.7 Å². The molecule has 1 heterocycles. The Hall–Kier alpha value is -0.0131. The van der Waals surface area contributed by atoms with Gasteiger partial charge in [0.1, 0.15) is 11.7 Å². The molecule has 3 atom stereocenters. The van der Waals surface area contributed by atoms with Crippen LogP contribution < -0.4 is 0 Å². The molecule has 1 N–H and O–H groups in total. The van der Waals surface area contributed by atoms with Gasteiger partial charge in [0.2, 0.25) is 5.78 Å².